The summed E-state index contributed by atoms with van der Waals surface area (Å²) in [7, 11) is 0. The summed E-state index contributed by atoms with van der Waals surface area (Å²) in [6.07, 6.45) is 5.17. The van der Waals surface area contributed by atoms with Gasteiger partial charge in [-0.25, -0.2) is 4.39 Å². The molecule has 10 heteroatoms. The average Bonchev–Trinajstić information content (AvgIpc) is 2.71. The second-order valence-electron chi connectivity index (χ2n) is 9.84. The van der Waals surface area contributed by atoms with E-state index in [9.17, 15) is 14.0 Å². The van der Waals surface area contributed by atoms with Gasteiger partial charge in [0.05, 0.1) is 5.41 Å². The van der Waals surface area contributed by atoms with Crippen LogP contribution in [0.15, 0.2) is 24.3 Å². The Morgan fingerprint density at radius 3 is 2.48 bits per heavy atom. The van der Waals surface area contributed by atoms with E-state index in [2.05, 4.69) is 25.6 Å². The van der Waals surface area contributed by atoms with Crippen molar-refractivity contribution >= 4 is 29.5 Å². The molecule has 4 bridgehead atoms. The second kappa shape index (κ2) is 7.93. The quantitative estimate of drug-likeness (QED) is 0.568. The summed E-state index contributed by atoms with van der Waals surface area (Å²) in [5, 5.41) is 6.10. The highest BCUT2D eigenvalue weighted by Gasteiger charge is 2.61. The molecule has 0 spiro atoms. The molecule has 2 atom stereocenters. The Kier molecular flexibility index (Phi) is 5.18. The van der Waals surface area contributed by atoms with Crippen molar-refractivity contribution in [1.29, 1.82) is 0 Å². The summed E-state index contributed by atoms with van der Waals surface area (Å²) >= 11 is 0. The number of nitrogens with two attached hydrogens (primary N) is 1. The molecule has 1 aromatic carbocycles. The topological polar surface area (TPSA) is 132 Å². The predicted molar refractivity (Wildman–Crippen MR) is 117 cm³/mol. The van der Waals surface area contributed by atoms with Gasteiger partial charge in [-0.15, -0.1) is 0 Å². The third-order valence-corrected chi connectivity index (χ3v) is 7.07. The van der Waals surface area contributed by atoms with Crippen LogP contribution in [-0.2, 0) is 20.9 Å². The molecule has 4 N–H and O–H groups in total. The van der Waals surface area contributed by atoms with E-state index >= 15 is 0 Å². The molecule has 174 valence electrons. The molecule has 4 aliphatic rings. The maximum absolute atomic E-state index is 13.3. The maximum atomic E-state index is 13.3. The Hall–Kier alpha value is -3.30. The number of rotatable bonds is 6. The zero-order valence-corrected chi connectivity index (χ0v) is 18.4. The van der Waals surface area contributed by atoms with Crippen molar-refractivity contribution in [3.8, 4) is 0 Å². The average molecular weight is 455 g/mol. The lowest BCUT2D eigenvalue weighted by atomic mass is 9.47. The van der Waals surface area contributed by atoms with E-state index in [0.29, 0.717) is 23.9 Å². The monoisotopic (exact) mass is 454 g/mol. The largest absolute Gasteiger partial charge is 0.457 e. The van der Waals surface area contributed by atoms with Crippen LogP contribution in [0.1, 0.15) is 51.3 Å². The summed E-state index contributed by atoms with van der Waals surface area (Å²) in [5.41, 5.74) is 5.51. The minimum absolute atomic E-state index is 0.0138. The molecule has 0 saturated heterocycles. The smallest absolute Gasteiger partial charge is 0.312 e. The molecule has 33 heavy (non-hydrogen) atoms. The van der Waals surface area contributed by atoms with Crippen molar-refractivity contribution in [3.05, 3.63) is 35.9 Å². The molecule has 1 heterocycles. The van der Waals surface area contributed by atoms with E-state index in [-0.39, 0.29) is 47.6 Å². The normalized spacial score (nSPS) is 29.5. The lowest BCUT2D eigenvalue weighted by Gasteiger charge is -2.60. The zero-order valence-electron chi connectivity index (χ0n) is 18.4. The van der Waals surface area contributed by atoms with Crippen LogP contribution in [0, 0.1) is 23.1 Å². The fourth-order valence-electron chi connectivity index (χ4n) is 6.52. The van der Waals surface area contributed by atoms with Gasteiger partial charge in [-0.1, -0.05) is 0 Å². The highest BCUT2D eigenvalue weighted by molar-refractivity contribution is 5.79. The number of carbonyl (C=O) groups is 2. The molecule has 1 aromatic heterocycles. The fraction of sp³-hybridized carbons (Fsp3) is 0.522. The Balaban J connectivity index is 1.29. The van der Waals surface area contributed by atoms with Crippen molar-refractivity contribution in [2.75, 3.05) is 11.1 Å². The standard InChI is InChI=1S/C23H27FN6O3/c1-13(31)30-23-9-14-6-15(10-23)8-22(7-14,12-23)19(32)33-11-18-27-20(25)29-21(28-18)26-17-4-2-16(24)3-5-17/h2-5,14-15H,6-12H2,1H3,(H,30,31)(H3,25,26,27,28,29). The zero-order chi connectivity index (χ0) is 23.2. The predicted octanol–water partition coefficient (Wildman–Crippen LogP) is 2.85. The molecule has 4 fully saturated rings. The molecule has 2 aromatic rings. The van der Waals surface area contributed by atoms with Gasteiger partial charge in [0, 0.05) is 18.2 Å². The number of amides is 1. The third-order valence-electron chi connectivity index (χ3n) is 7.07. The molecule has 6 rings (SSSR count). The van der Waals surface area contributed by atoms with Crippen LogP contribution in [0.5, 0.6) is 0 Å². The number of hydrogen-bond donors (Lipinski definition) is 3. The van der Waals surface area contributed by atoms with E-state index in [1.807, 2.05) is 0 Å². The summed E-state index contributed by atoms with van der Waals surface area (Å²) in [6, 6.07) is 5.73. The number of hydrogen-bond acceptors (Lipinski definition) is 8. The SMILES string of the molecule is CC(=O)NC12CC3CC(C1)CC(C(=O)OCc1nc(N)nc(Nc4ccc(F)cc4)n1)(C3)C2. The third kappa shape index (κ3) is 4.34. The van der Waals surface area contributed by atoms with Crippen LogP contribution in [0.25, 0.3) is 0 Å². The molecule has 4 aliphatic carbocycles. The summed E-state index contributed by atoms with van der Waals surface area (Å²) < 4.78 is 18.8. The number of benzene rings is 1. The first-order chi connectivity index (χ1) is 15.7. The first-order valence-electron chi connectivity index (χ1n) is 11.2. The summed E-state index contributed by atoms with van der Waals surface area (Å²) in [4.78, 5) is 37.5. The number of aromatic nitrogens is 3. The summed E-state index contributed by atoms with van der Waals surface area (Å²) in [5.74, 6) is 0.560. The van der Waals surface area contributed by atoms with Crippen molar-refractivity contribution in [2.24, 2.45) is 17.3 Å². The lowest BCUT2D eigenvalue weighted by molar-refractivity contribution is -0.177. The Morgan fingerprint density at radius 1 is 1.12 bits per heavy atom. The van der Waals surface area contributed by atoms with E-state index in [1.165, 1.54) is 19.1 Å². The fourth-order valence-corrected chi connectivity index (χ4v) is 6.52. The van der Waals surface area contributed by atoms with E-state index in [4.69, 9.17) is 10.5 Å². The molecule has 2 unspecified atom stereocenters. The first kappa shape index (κ1) is 21.5. The number of anilines is 3. The van der Waals surface area contributed by atoms with Crippen LogP contribution in [0.4, 0.5) is 22.0 Å². The molecule has 0 aliphatic heterocycles. The number of ether oxygens (including phenoxy) is 1. The molecule has 4 saturated carbocycles. The van der Waals surface area contributed by atoms with E-state index < -0.39 is 5.41 Å². The van der Waals surface area contributed by atoms with Gasteiger partial charge >= 0.3 is 5.97 Å². The van der Waals surface area contributed by atoms with Crippen LogP contribution >= 0.6 is 0 Å². The van der Waals surface area contributed by atoms with Gasteiger partial charge in [0.15, 0.2) is 12.4 Å². The number of halogens is 1. The van der Waals surface area contributed by atoms with Gasteiger partial charge in [-0.05, 0) is 74.6 Å². The van der Waals surface area contributed by atoms with Crippen molar-refractivity contribution in [3.63, 3.8) is 0 Å². The van der Waals surface area contributed by atoms with Crippen LogP contribution in [-0.4, -0.2) is 32.4 Å². The Bertz CT molecular complexity index is 1080. The van der Waals surface area contributed by atoms with E-state index in [1.54, 1.807) is 12.1 Å². The number of nitrogens with zero attached hydrogens (tertiary/aromatic N) is 3. The first-order valence-corrected chi connectivity index (χ1v) is 11.2. The second-order valence-corrected chi connectivity index (χ2v) is 9.84. The van der Waals surface area contributed by atoms with Gasteiger partial charge in [0.1, 0.15) is 5.82 Å². The van der Waals surface area contributed by atoms with Crippen molar-refractivity contribution < 1.29 is 18.7 Å². The number of carbonyl (C=O) groups excluding carboxylic acids is 2. The molecule has 9 nitrogen and oxygen atoms in total. The van der Waals surface area contributed by atoms with Gasteiger partial charge in [-0.3, -0.25) is 9.59 Å². The number of nitrogen functional groups attached to an aromatic ring is 1. The van der Waals surface area contributed by atoms with Crippen LogP contribution < -0.4 is 16.4 Å². The van der Waals surface area contributed by atoms with Crippen molar-refractivity contribution in [2.45, 2.75) is 57.6 Å². The van der Waals surface area contributed by atoms with Gasteiger partial charge < -0.3 is 21.1 Å². The minimum Gasteiger partial charge on any atom is -0.457 e. The van der Waals surface area contributed by atoms with Gasteiger partial charge in [0.25, 0.3) is 0 Å². The molecular weight excluding hydrogens is 427 g/mol. The number of esters is 1. The van der Waals surface area contributed by atoms with Gasteiger partial charge in [-0.2, -0.15) is 15.0 Å². The number of nitrogens with one attached hydrogen (secondary N) is 2. The lowest BCUT2D eigenvalue weighted by Crippen LogP contribution is -2.64. The summed E-state index contributed by atoms with van der Waals surface area (Å²) in [6.45, 7) is 1.40. The Labute approximate surface area is 190 Å². The van der Waals surface area contributed by atoms with Crippen LogP contribution in [0.2, 0.25) is 0 Å². The highest BCUT2D eigenvalue weighted by atomic mass is 19.1. The molecular formula is C23H27FN6O3. The minimum atomic E-state index is -0.583. The highest BCUT2D eigenvalue weighted by Crippen LogP contribution is 2.62. The van der Waals surface area contributed by atoms with Gasteiger partial charge in [0.2, 0.25) is 17.8 Å². The maximum Gasteiger partial charge on any atom is 0.312 e. The van der Waals surface area contributed by atoms with E-state index in [0.717, 1.165) is 32.1 Å². The molecule has 0 radical (unpaired) electrons. The Morgan fingerprint density at radius 2 is 1.82 bits per heavy atom. The van der Waals surface area contributed by atoms with Crippen molar-refractivity contribution in [1.82, 2.24) is 20.3 Å². The van der Waals surface area contributed by atoms with Crippen LogP contribution in [0.3, 0.4) is 0 Å². The molecule has 1 amide bonds.